The summed E-state index contributed by atoms with van der Waals surface area (Å²) in [4.78, 5) is 8.82. The van der Waals surface area contributed by atoms with E-state index in [4.69, 9.17) is 0 Å². The van der Waals surface area contributed by atoms with Crippen molar-refractivity contribution in [3.05, 3.63) is 51.9 Å². The molecular formula is C16H20BrN3. The van der Waals surface area contributed by atoms with Gasteiger partial charge < -0.3 is 5.32 Å². The molecule has 0 amide bonds. The first kappa shape index (κ1) is 15.0. The molecule has 0 saturated heterocycles. The van der Waals surface area contributed by atoms with Crippen molar-refractivity contribution in [2.24, 2.45) is 0 Å². The number of benzene rings is 1. The van der Waals surface area contributed by atoms with Crippen molar-refractivity contribution in [3.63, 3.8) is 0 Å². The molecular weight excluding hydrogens is 314 g/mol. The molecule has 0 aliphatic carbocycles. The highest BCUT2D eigenvalue weighted by Gasteiger charge is 2.08. The Balaban J connectivity index is 2.13. The molecule has 20 heavy (non-hydrogen) atoms. The van der Waals surface area contributed by atoms with E-state index in [2.05, 4.69) is 76.3 Å². The van der Waals surface area contributed by atoms with E-state index in [1.807, 2.05) is 6.07 Å². The smallest absolute Gasteiger partial charge is 0.131 e. The second kappa shape index (κ2) is 6.84. The van der Waals surface area contributed by atoms with Crippen LogP contribution in [0.3, 0.4) is 0 Å². The molecule has 1 aromatic carbocycles. The summed E-state index contributed by atoms with van der Waals surface area (Å²) in [5.74, 6) is 1.70. The number of nitrogens with one attached hydrogen (secondary N) is 1. The van der Waals surface area contributed by atoms with E-state index in [0.717, 1.165) is 29.1 Å². The predicted molar refractivity (Wildman–Crippen MR) is 87.0 cm³/mol. The Kier molecular flexibility index (Phi) is 5.12. The third-order valence-corrected chi connectivity index (χ3v) is 3.72. The quantitative estimate of drug-likeness (QED) is 0.816. The highest BCUT2D eigenvalue weighted by molar-refractivity contribution is 9.10. The maximum absolute atomic E-state index is 4.50. The van der Waals surface area contributed by atoms with Crippen LogP contribution in [0, 0.1) is 0 Å². The van der Waals surface area contributed by atoms with Gasteiger partial charge in [0.2, 0.25) is 0 Å². The van der Waals surface area contributed by atoms with Crippen molar-refractivity contribution >= 4 is 21.7 Å². The Morgan fingerprint density at radius 3 is 2.40 bits per heavy atom. The topological polar surface area (TPSA) is 37.8 Å². The van der Waals surface area contributed by atoms with Crippen LogP contribution in [0.5, 0.6) is 0 Å². The standard InChI is InChI=1S/C16H20BrN3/c1-4-12-6-8-13(9-7-12)11(3)18-16-10-14(17)19-15(5-2)20-16/h6-11H,4-5H2,1-3H3,(H,18,19,20). The van der Waals surface area contributed by atoms with Crippen LogP contribution < -0.4 is 5.32 Å². The van der Waals surface area contributed by atoms with E-state index in [0.29, 0.717) is 0 Å². The Morgan fingerprint density at radius 1 is 1.10 bits per heavy atom. The minimum Gasteiger partial charge on any atom is -0.363 e. The molecule has 1 N–H and O–H groups in total. The van der Waals surface area contributed by atoms with Gasteiger partial charge in [0.25, 0.3) is 0 Å². The minimum atomic E-state index is 0.215. The zero-order chi connectivity index (χ0) is 14.5. The van der Waals surface area contributed by atoms with Crippen LogP contribution in [-0.2, 0) is 12.8 Å². The summed E-state index contributed by atoms with van der Waals surface area (Å²) in [5.41, 5.74) is 2.62. The molecule has 2 rings (SSSR count). The molecule has 0 bridgehead atoms. The van der Waals surface area contributed by atoms with Crippen LogP contribution in [0.1, 0.15) is 43.8 Å². The fourth-order valence-corrected chi connectivity index (χ4v) is 2.47. The molecule has 0 aliphatic heterocycles. The first-order valence-electron chi connectivity index (χ1n) is 7.01. The lowest BCUT2D eigenvalue weighted by Crippen LogP contribution is -2.09. The molecule has 0 saturated carbocycles. The summed E-state index contributed by atoms with van der Waals surface area (Å²) < 4.78 is 0.820. The summed E-state index contributed by atoms with van der Waals surface area (Å²) >= 11 is 3.43. The summed E-state index contributed by atoms with van der Waals surface area (Å²) in [6.45, 7) is 6.36. The monoisotopic (exact) mass is 333 g/mol. The number of nitrogens with zero attached hydrogens (tertiary/aromatic N) is 2. The van der Waals surface area contributed by atoms with Crippen molar-refractivity contribution < 1.29 is 0 Å². The van der Waals surface area contributed by atoms with Crippen molar-refractivity contribution in [1.82, 2.24) is 9.97 Å². The maximum Gasteiger partial charge on any atom is 0.131 e. The molecule has 0 aliphatic rings. The lowest BCUT2D eigenvalue weighted by Gasteiger charge is -2.16. The van der Waals surface area contributed by atoms with Crippen LogP contribution >= 0.6 is 15.9 Å². The maximum atomic E-state index is 4.50. The highest BCUT2D eigenvalue weighted by Crippen LogP contribution is 2.20. The van der Waals surface area contributed by atoms with Gasteiger partial charge in [0.05, 0.1) is 0 Å². The number of halogens is 1. The summed E-state index contributed by atoms with van der Waals surface area (Å²) in [6, 6.07) is 10.8. The number of aryl methyl sites for hydroxylation is 2. The fourth-order valence-electron chi connectivity index (χ4n) is 2.04. The Labute approximate surface area is 129 Å². The molecule has 106 valence electrons. The second-order valence-corrected chi connectivity index (χ2v) is 5.62. The summed E-state index contributed by atoms with van der Waals surface area (Å²) in [7, 11) is 0. The molecule has 0 fully saturated rings. The Morgan fingerprint density at radius 2 is 1.80 bits per heavy atom. The summed E-state index contributed by atoms with van der Waals surface area (Å²) in [5, 5.41) is 3.43. The molecule has 2 aromatic rings. The van der Waals surface area contributed by atoms with E-state index in [-0.39, 0.29) is 6.04 Å². The Bertz CT molecular complexity index is 566. The molecule has 3 nitrogen and oxygen atoms in total. The average Bonchev–Trinajstić information content (AvgIpc) is 2.46. The van der Waals surface area contributed by atoms with Crippen molar-refractivity contribution in [2.75, 3.05) is 5.32 Å². The normalized spacial score (nSPS) is 12.2. The Hall–Kier alpha value is -1.42. The minimum absolute atomic E-state index is 0.215. The van der Waals surface area contributed by atoms with Crippen LogP contribution in [0.2, 0.25) is 0 Å². The van der Waals surface area contributed by atoms with E-state index < -0.39 is 0 Å². The lowest BCUT2D eigenvalue weighted by atomic mass is 10.1. The number of rotatable bonds is 5. The van der Waals surface area contributed by atoms with Gasteiger partial charge >= 0.3 is 0 Å². The molecule has 1 aromatic heterocycles. The second-order valence-electron chi connectivity index (χ2n) is 4.81. The zero-order valence-corrected chi connectivity index (χ0v) is 13.7. The van der Waals surface area contributed by atoms with E-state index in [1.165, 1.54) is 11.1 Å². The summed E-state index contributed by atoms with van der Waals surface area (Å²) in [6.07, 6.45) is 1.90. The number of hydrogen-bond acceptors (Lipinski definition) is 3. The number of hydrogen-bond donors (Lipinski definition) is 1. The first-order chi connectivity index (χ1) is 9.62. The van der Waals surface area contributed by atoms with E-state index >= 15 is 0 Å². The molecule has 1 unspecified atom stereocenters. The zero-order valence-electron chi connectivity index (χ0n) is 12.2. The molecule has 0 spiro atoms. The average molecular weight is 334 g/mol. The van der Waals surface area contributed by atoms with Crippen molar-refractivity contribution in [1.29, 1.82) is 0 Å². The van der Waals surface area contributed by atoms with Gasteiger partial charge in [0.1, 0.15) is 16.2 Å². The predicted octanol–water partition coefficient (Wildman–Crippen LogP) is 4.54. The van der Waals surface area contributed by atoms with Crippen molar-refractivity contribution in [2.45, 2.75) is 39.7 Å². The van der Waals surface area contributed by atoms with E-state index in [1.54, 1.807) is 0 Å². The van der Waals surface area contributed by atoms with Gasteiger partial charge in [-0.2, -0.15) is 0 Å². The largest absolute Gasteiger partial charge is 0.363 e. The van der Waals surface area contributed by atoms with Crippen LogP contribution in [0.4, 0.5) is 5.82 Å². The van der Waals surface area contributed by atoms with Crippen LogP contribution in [0.15, 0.2) is 34.9 Å². The molecule has 1 heterocycles. The van der Waals surface area contributed by atoms with Gasteiger partial charge in [-0.3, -0.25) is 0 Å². The third kappa shape index (κ3) is 3.79. The highest BCUT2D eigenvalue weighted by atomic mass is 79.9. The molecule has 0 radical (unpaired) electrons. The van der Waals surface area contributed by atoms with Gasteiger partial charge in [-0.25, -0.2) is 9.97 Å². The van der Waals surface area contributed by atoms with Gasteiger partial charge in [0, 0.05) is 18.5 Å². The van der Waals surface area contributed by atoms with Crippen LogP contribution in [0.25, 0.3) is 0 Å². The lowest BCUT2D eigenvalue weighted by molar-refractivity contribution is 0.852. The number of aromatic nitrogens is 2. The van der Waals surface area contributed by atoms with Gasteiger partial charge in [-0.15, -0.1) is 0 Å². The van der Waals surface area contributed by atoms with Gasteiger partial charge in [-0.1, -0.05) is 38.1 Å². The molecule has 4 heteroatoms. The van der Waals surface area contributed by atoms with Crippen molar-refractivity contribution in [3.8, 4) is 0 Å². The molecule has 1 atom stereocenters. The third-order valence-electron chi connectivity index (χ3n) is 3.31. The fraction of sp³-hybridized carbons (Fsp3) is 0.375. The van der Waals surface area contributed by atoms with Gasteiger partial charge in [-0.05, 0) is 40.4 Å². The number of anilines is 1. The SMILES string of the molecule is CCc1ccc(C(C)Nc2cc(Br)nc(CC)n2)cc1. The van der Waals surface area contributed by atoms with Crippen LogP contribution in [-0.4, -0.2) is 9.97 Å². The first-order valence-corrected chi connectivity index (χ1v) is 7.80. The van der Waals surface area contributed by atoms with Gasteiger partial charge in [0.15, 0.2) is 0 Å². The van der Waals surface area contributed by atoms with E-state index in [9.17, 15) is 0 Å².